The second-order valence-corrected chi connectivity index (χ2v) is 5.06. The van der Waals surface area contributed by atoms with Crippen molar-refractivity contribution >= 4 is 5.69 Å². The third-order valence-corrected chi connectivity index (χ3v) is 3.42. The minimum atomic E-state index is 0.987. The van der Waals surface area contributed by atoms with Crippen LogP contribution in [0.25, 0.3) is 0 Å². The minimum absolute atomic E-state index is 0.987. The van der Waals surface area contributed by atoms with Crippen molar-refractivity contribution in [1.29, 1.82) is 0 Å². The van der Waals surface area contributed by atoms with E-state index < -0.39 is 0 Å². The van der Waals surface area contributed by atoms with Crippen LogP contribution in [0.1, 0.15) is 24.0 Å². The summed E-state index contributed by atoms with van der Waals surface area (Å²) in [6.45, 7) is 2.13. The Morgan fingerprint density at radius 2 is 1.50 bits per heavy atom. The van der Waals surface area contributed by atoms with Crippen molar-refractivity contribution in [3.05, 3.63) is 65.7 Å². The molecule has 0 unspecified atom stereocenters. The Morgan fingerprint density at radius 1 is 0.800 bits per heavy atom. The van der Waals surface area contributed by atoms with E-state index in [1.807, 2.05) is 7.05 Å². The molecule has 0 amide bonds. The second kappa shape index (κ2) is 8.39. The van der Waals surface area contributed by atoms with Crippen molar-refractivity contribution in [3.8, 4) is 0 Å². The molecule has 106 valence electrons. The lowest BCUT2D eigenvalue weighted by atomic mass is 10.0. The van der Waals surface area contributed by atoms with Gasteiger partial charge in [0.2, 0.25) is 0 Å². The fourth-order valence-corrected chi connectivity index (χ4v) is 2.31. The van der Waals surface area contributed by atoms with Crippen molar-refractivity contribution in [3.63, 3.8) is 0 Å². The molecule has 0 heterocycles. The number of para-hydroxylation sites is 1. The summed E-state index contributed by atoms with van der Waals surface area (Å²) < 4.78 is 0. The zero-order valence-electron chi connectivity index (χ0n) is 12.2. The fourth-order valence-electron chi connectivity index (χ4n) is 2.31. The number of nitrogens with one attached hydrogen (secondary N) is 2. The first-order valence-corrected chi connectivity index (χ1v) is 7.40. The largest absolute Gasteiger partial charge is 0.385 e. The topological polar surface area (TPSA) is 24.1 Å². The summed E-state index contributed by atoms with van der Waals surface area (Å²) in [7, 11) is 2.00. The maximum Gasteiger partial charge on any atom is 0.0376 e. The number of anilines is 1. The number of benzene rings is 2. The first kappa shape index (κ1) is 14.6. The molecule has 0 aromatic heterocycles. The van der Waals surface area contributed by atoms with Gasteiger partial charge >= 0.3 is 0 Å². The smallest absolute Gasteiger partial charge is 0.0376 e. The average molecular weight is 268 g/mol. The monoisotopic (exact) mass is 268 g/mol. The van der Waals surface area contributed by atoms with E-state index in [4.69, 9.17) is 0 Å². The summed E-state index contributed by atoms with van der Waals surface area (Å²) >= 11 is 0. The van der Waals surface area contributed by atoms with Crippen LogP contribution in [-0.4, -0.2) is 20.1 Å². The fraction of sp³-hybridized carbons (Fsp3) is 0.333. The first-order valence-electron chi connectivity index (χ1n) is 7.40. The molecule has 20 heavy (non-hydrogen) atoms. The number of hydrogen-bond acceptors (Lipinski definition) is 2. The summed E-state index contributed by atoms with van der Waals surface area (Å²) in [5.41, 5.74) is 3.99. The maximum atomic E-state index is 3.56. The van der Waals surface area contributed by atoms with Crippen molar-refractivity contribution in [1.82, 2.24) is 5.32 Å². The van der Waals surface area contributed by atoms with Gasteiger partial charge in [-0.2, -0.15) is 0 Å². The van der Waals surface area contributed by atoms with Crippen LogP contribution in [0.15, 0.2) is 54.6 Å². The zero-order valence-corrected chi connectivity index (χ0v) is 12.2. The van der Waals surface area contributed by atoms with E-state index in [-0.39, 0.29) is 0 Å². The van der Waals surface area contributed by atoms with Crippen LogP contribution in [0, 0.1) is 0 Å². The third kappa shape index (κ3) is 4.71. The second-order valence-electron chi connectivity index (χ2n) is 5.06. The van der Waals surface area contributed by atoms with Gasteiger partial charge in [0.1, 0.15) is 0 Å². The van der Waals surface area contributed by atoms with E-state index in [1.165, 1.54) is 29.7 Å². The van der Waals surface area contributed by atoms with E-state index >= 15 is 0 Å². The molecule has 0 radical (unpaired) electrons. The molecule has 2 aromatic rings. The van der Waals surface area contributed by atoms with Crippen LogP contribution in [0.4, 0.5) is 5.69 Å². The van der Waals surface area contributed by atoms with Crippen molar-refractivity contribution in [2.24, 2.45) is 0 Å². The Morgan fingerprint density at radius 3 is 2.30 bits per heavy atom. The van der Waals surface area contributed by atoms with Gasteiger partial charge in [-0.3, -0.25) is 0 Å². The van der Waals surface area contributed by atoms with Crippen LogP contribution in [-0.2, 0) is 6.42 Å². The van der Waals surface area contributed by atoms with Crippen molar-refractivity contribution in [2.45, 2.75) is 19.3 Å². The molecule has 2 rings (SSSR count). The highest BCUT2D eigenvalue weighted by molar-refractivity contribution is 5.52. The van der Waals surface area contributed by atoms with Gasteiger partial charge in [0.05, 0.1) is 0 Å². The Kier molecular flexibility index (Phi) is 6.12. The van der Waals surface area contributed by atoms with Gasteiger partial charge < -0.3 is 10.6 Å². The van der Waals surface area contributed by atoms with Gasteiger partial charge in [-0.25, -0.2) is 0 Å². The predicted octanol–water partition coefficient (Wildman–Crippen LogP) is 3.69. The Bertz CT molecular complexity index is 494. The number of rotatable bonds is 8. The van der Waals surface area contributed by atoms with Gasteiger partial charge in [-0.15, -0.1) is 0 Å². The Balaban J connectivity index is 1.92. The van der Waals surface area contributed by atoms with Crippen molar-refractivity contribution in [2.75, 3.05) is 25.5 Å². The molecular weight excluding hydrogens is 244 g/mol. The van der Waals surface area contributed by atoms with Crippen LogP contribution in [0.5, 0.6) is 0 Å². The zero-order chi connectivity index (χ0) is 14.0. The number of hydrogen-bond donors (Lipinski definition) is 2. The normalized spacial score (nSPS) is 10.4. The van der Waals surface area contributed by atoms with E-state index in [2.05, 4.69) is 65.2 Å². The molecule has 0 fully saturated rings. The third-order valence-electron chi connectivity index (χ3n) is 3.42. The van der Waals surface area contributed by atoms with E-state index in [0.29, 0.717) is 0 Å². The van der Waals surface area contributed by atoms with Crippen molar-refractivity contribution < 1.29 is 0 Å². The molecule has 0 spiro atoms. The molecule has 0 bridgehead atoms. The quantitative estimate of drug-likeness (QED) is 0.714. The Labute approximate surface area is 122 Å². The molecule has 2 N–H and O–H groups in total. The van der Waals surface area contributed by atoms with Crippen LogP contribution in [0.2, 0.25) is 0 Å². The average Bonchev–Trinajstić information content (AvgIpc) is 2.50. The Hall–Kier alpha value is -1.80. The highest BCUT2D eigenvalue weighted by atomic mass is 14.9. The highest BCUT2D eigenvalue weighted by Crippen LogP contribution is 2.19. The summed E-state index contributed by atoms with van der Waals surface area (Å²) in [6, 6.07) is 19.2. The SMILES string of the molecule is CNCCCCNc1ccccc1Cc1ccccc1. The van der Waals surface area contributed by atoms with E-state index in [1.54, 1.807) is 0 Å². The van der Waals surface area contributed by atoms with Gasteiger partial charge in [0.15, 0.2) is 0 Å². The summed E-state index contributed by atoms with van der Waals surface area (Å²) in [5.74, 6) is 0. The van der Waals surface area contributed by atoms with E-state index in [0.717, 1.165) is 19.5 Å². The summed E-state index contributed by atoms with van der Waals surface area (Å²) in [5, 5.41) is 6.75. The highest BCUT2D eigenvalue weighted by Gasteiger charge is 2.02. The molecule has 0 aliphatic heterocycles. The molecule has 2 heteroatoms. The summed E-state index contributed by atoms with van der Waals surface area (Å²) in [4.78, 5) is 0. The lowest BCUT2D eigenvalue weighted by Gasteiger charge is -2.12. The lowest BCUT2D eigenvalue weighted by Crippen LogP contribution is -2.10. The molecule has 0 aliphatic rings. The molecule has 2 nitrogen and oxygen atoms in total. The number of unbranched alkanes of at least 4 members (excludes halogenated alkanes) is 1. The molecule has 0 saturated heterocycles. The molecule has 0 atom stereocenters. The maximum absolute atomic E-state index is 3.56. The minimum Gasteiger partial charge on any atom is -0.385 e. The molecule has 0 aliphatic carbocycles. The standard InChI is InChI=1S/C18H24N2/c1-19-13-7-8-14-20-18-12-6-5-11-17(18)15-16-9-3-2-4-10-16/h2-6,9-12,19-20H,7-8,13-15H2,1H3. The van der Waals surface area contributed by atoms with Gasteiger partial charge in [0, 0.05) is 12.2 Å². The van der Waals surface area contributed by atoms with Gasteiger partial charge in [0.25, 0.3) is 0 Å². The van der Waals surface area contributed by atoms with E-state index in [9.17, 15) is 0 Å². The molecule has 0 saturated carbocycles. The molecule has 2 aromatic carbocycles. The first-order chi connectivity index (χ1) is 9.90. The van der Waals surface area contributed by atoms with Gasteiger partial charge in [-0.05, 0) is 50.0 Å². The van der Waals surface area contributed by atoms with Gasteiger partial charge in [-0.1, -0.05) is 48.5 Å². The van der Waals surface area contributed by atoms with Crippen LogP contribution >= 0.6 is 0 Å². The molecular formula is C18H24N2. The lowest BCUT2D eigenvalue weighted by molar-refractivity contribution is 0.694. The predicted molar refractivity (Wildman–Crippen MR) is 87.3 cm³/mol. The van der Waals surface area contributed by atoms with Crippen LogP contribution in [0.3, 0.4) is 0 Å². The van der Waals surface area contributed by atoms with Crippen LogP contribution < -0.4 is 10.6 Å². The summed E-state index contributed by atoms with van der Waals surface area (Å²) in [6.07, 6.45) is 3.39.